The van der Waals surface area contributed by atoms with Crippen molar-refractivity contribution in [1.82, 2.24) is 5.32 Å². The molecule has 0 aromatic heterocycles. The van der Waals surface area contributed by atoms with Crippen LogP contribution < -0.4 is 14.8 Å². The minimum atomic E-state index is -0.157. The number of nitrogens with zero attached hydrogens (tertiary/aromatic N) is 1. The molecule has 0 unspecified atom stereocenters. The molecule has 146 valence electrons. The minimum absolute atomic E-state index is 0.157. The van der Waals surface area contributed by atoms with Gasteiger partial charge >= 0.3 is 0 Å². The first-order chi connectivity index (χ1) is 13.4. The molecule has 0 spiro atoms. The van der Waals surface area contributed by atoms with E-state index in [9.17, 15) is 4.79 Å². The van der Waals surface area contributed by atoms with Crippen molar-refractivity contribution in [2.24, 2.45) is 4.99 Å². The zero-order valence-corrected chi connectivity index (χ0v) is 18.5. The van der Waals surface area contributed by atoms with Gasteiger partial charge < -0.3 is 14.8 Å². The summed E-state index contributed by atoms with van der Waals surface area (Å²) >= 11 is 4.81. The average Bonchev–Trinajstić information content (AvgIpc) is 2.98. The number of hydrogen-bond donors (Lipinski definition) is 1. The van der Waals surface area contributed by atoms with Crippen LogP contribution in [-0.2, 0) is 11.3 Å². The number of amidine groups is 1. The molecule has 1 amide bonds. The van der Waals surface area contributed by atoms with Crippen molar-refractivity contribution in [3.63, 3.8) is 0 Å². The Morgan fingerprint density at radius 3 is 2.46 bits per heavy atom. The van der Waals surface area contributed by atoms with Gasteiger partial charge in [0.05, 0.1) is 30.1 Å². The number of amides is 1. The Balaban J connectivity index is 1.79. The SMILES string of the molecule is COc1cc(/C=C2\SC(=NCc3cc(C)cc(C)c3)NC2=O)cc(Br)c1OC. The van der Waals surface area contributed by atoms with Crippen LogP contribution in [-0.4, -0.2) is 25.3 Å². The summed E-state index contributed by atoms with van der Waals surface area (Å²) in [5.41, 5.74) is 4.37. The quantitative estimate of drug-likeness (QED) is 0.648. The van der Waals surface area contributed by atoms with Crippen molar-refractivity contribution in [3.8, 4) is 11.5 Å². The van der Waals surface area contributed by atoms with Gasteiger partial charge in [-0.15, -0.1) is 0 Å². The van der Waals surface area contributed by atoms with E-state index in [-0.39, 0.29) is 5.91 Å². The molecule has 1 fully saturated rings. The van der Waals surface area contributed by atoms with Crippen LogP contribution in [0.5, 0.6) is 11.5 Å². The third-order valence-electron chi connectivity index (χ3n) is 4.09. The van der Waals surface area contributed by atoms with Gasteiger partial charge in [0.1, 0.15) is 0 Å². The highest BCUT2D eigenvalue weighted by atomic mass is 79.9. The molecular formula is C21H21BrN2O3S. The zero-order chi connectivity index (χ0) is 20.3. The van der Waals surface area contributed by atoms with Crippen LogP contribution in [0.25, 0.3) is 6.08 Å². The Kier molecular flexibility index (Phi) is 6.46. The summed E-state index contributed by atoms with van der Waals surface area (Å²) in [5.74, 6) is 1.05. The fourth-order valence-corrected chi connectivity index (χ4v) is 4.44. The van der Waals surface area contributed by atoms with Crippen molar-refractivity contribution < 1.29 is 14.3 Å². The molecule has 0 saturated carbocycles. The van der Waals surface area contributed by atoms with Crippen molar-refractivity contribution in [2.75, 3.05) is 14.2 Å². The summed E-state index contributed by atoms with van der Waals surface area (Å²) in [6.07, 6.45) is 1.81. The number of halogens is 1. The second kappa shape index (κ2) is 8.84. The molecule has 1 aliphatic rings. The molecule has 3 rings (SSSR count). The molecule has 7 heteroatoms. The second-order valence-electron chi connectivity index (χ2n) is 6.42. The monoisotopic (exact) mass is 460 g/mol. The first-order valence-corrected chi connectivity index (χ1v) is 10.2. The third kappa shape index (κ3) is 4.77. The average molecular weight is 461 g/mol. The van der Waals surface area contributed by atoms with Crippen LogP contribution in [0, 0.1) is 13.8 Å². The molecule has 5 nitrogen and oxygen atoms in total. The topological polar surface area (TPSA) is 59.9 Å². The third-order valence-corrected chi connectivity index (χ3v) is 5.63. The highest BCUT2D eigenvalue weighted by Gasteiger charge is 2.24. The summed E-state index contributed by atoms with van der Waals surface area (Å²) in [5, 5.41) is 3.43. The Labute approximate surface area is 177 Å². The Bertz CT molecular complexity index is 966. The van der Waals surface area contributed by atoms with Gasteiger partial charge in [0, 0.05) is 0 Å². The van der Waals surface area contributed by atoms with Crippen LogP contribution in [0.3, 0.4) is 0 Å². The van der Waals surface area contributed by atoms with Crippen LogP contribution in [0.15, 0.2) is 44.7 Å². The molecule has 2 aromatic carbocycles. The van der Waals surface area contributed by atoms with E-state index in [0.29, 0.717) is 28.1 Å². The minimum Gasteiger partial charge on any atom is -0.493 e. The number of thioether (sulfide) groups is 1. The largest absolute Gasteiger partial charge is 0.493 e. The van der Waals surface area contributed by atoms with E-state index in [2.05, 4.69) is 58.3 Å². The number of hydrogen-bond acceptors (Lipinski definition) is 5. The van der Waals surface area contributed by atoms with Gasteiger partial charge in [-0.1, -0.05) is 29.3 Å². The van der Waals surface area contributed by atoms with Crippen molar-refractivity contribution in [1.29, 1.82) is 0 Å². The Morgan fingerprint density at radius 1 is 1.11 bits per heavy atom. The summed E-state index contributed by atoms with van der Waals surface area (Å²) in [7, 11) is 3.16. The van der Waals surface area contributed by atoms with E-state index in [1.54, 1.807) is 14.2 Å². The maximum absolute atomic E-state index is 12.3. The van der Waals surface area contributed by atoms with Crippen LogP contribution in [0.2, 0.25) is 0 Å². The van der Waals surface area contributed by atoms with Crippen LogP contribution >= 0.6 is 27.7 Å². The molecular weight excluding hydrogens is 440 g/mol. The highest BCUT2D eigenvalue weighted by Crippen LogP contribution is 2.37. The van der Waals surface area contributed by atoms with Gasteiger partial charge in [0.15, 0.2) is 16.7 Å². The molecule has 2 aromatic rings. The van der Waals surface area contributed by atoms with E-state index < -0.39 is 0 Å². The number of benzene rings is 2. The maximum atomic E-state index is 12.3. The van der Waals surface area contributed by atoms with Crippen LogP contribution in [0.4, 0.5) is 0 Å². The molecule has 1 N–H and O–H groups in total. The predicted molar refractivity (Wildman–Crippen MR) is 118 cm³/mol. The number of ether oxygens (including phenoxy) is 2. The standard InChI is InChI=1S/C21H21BrN2O3S/c1-12-5-13(2)7-15(6-12)11-23-21-24-20(25)18(28-21)10-14-8-16(22)19(27-4)17(9-14)26-3/h5-10H,11H2,1-4H3,(H,23,24,25)/b18-10-. The van der Waals surface area contributed by atoms with E-state index in [1.165, 1.54) is 22.9 Å². The summed E-state index contributed by atoms with van der Waals surface area (Å²) in [6, 6.07) is 10.1. The lowest BCUT2D eigenvalue weighted by atomic mass is 10.1. The second-order valence-corrected chi connectivity index (χ2v) is 8.31. The van der Waals surface area contributed by atoms with E-state index in [1.807, 2.05) is 18.2 Å². The maximum Gasteiger partial charge on any atom is 0.264 e. The van der Waals surface area contributed by atoms with Gasteiger partial charge in [-0.2, -0.15) is 0 Å². The zero-order valence-electron chi connectivity index (χ0n) is 16.1. The summed E-state index contributed by atoms with van der Waals surface area (Å²) < 4.78 is 11.4. The first kappa shape index (κ1) is 20.5. The molecule has 1 heterocycles. The van der Waals surface area contributed by atoms with E-state index >= 15 is 0 Å². The smallest absolute Gasteiger partial charge is 0.264 e. The fourth-order valence-electron chi connectivity index (χ4n) is 3.00. The number of aryl methyl sites for hydroxylation is 2. The van der Waals surface area contributed by atoms with Gasteiger partial charge in [-0.25, -0.2) is 0 Å². The molecule has 0 aliphatic carbocycles. The van der Waals surface area contributed by atoms with Crippen molar-refractivity contribution in [2.45, 2.75) is 20.4 Å². The van der Waals surface area contributed by atoms with E-state index in [0.717, 1.165) is 15.6 Å². The molecule has 0 bridgehead atoms. The van der Waals surface area contributed by atoms with E-state index in [4.69, 9.17) is 9.47 Å². The fraction of sp³-hybridized carbons (Fsp3) is 0.238. The van der Waals surface area contributed by atoms with Crippen LogP contribution in [0.1, 0.15) is 22.3 Å². The normalized spacial score (nSPS) is 16.5. The molecule has 1 aliphatic heterocycles. The summed E-state index contributed by atoms with van der Waals surface area (Å²) in [6.45, 7) is 4.66. The number of carbonyl (C=O) groups is 1. The number of carbonyl (C=O) groups excluding carboxylic acids is 1. The van der Waals surface area contributed by atoms with Gasteiger partial charge in [0.25, 0.3) is 5.91 Å². The number of rotatable bonds is 5. The molecule has 28 heavy (non-hydrogen) atoms. The van der Waals surface area contributed by atoms with Gasteiger partial charge in [-0.3, -0.25) is 9.79 Å². The Morgan fingerprint density at radius 2 is 1.82 bits per heavy atom. The van der Waals surface area contributed by atoms with Gasteiger partial charge in [-0.05, 0) is 70.9 Å². The number of nitrogens with one attached hydrogen (secondary N) is 1. The lowest BCUT2D eigenvalue weighted by Crippen LogP contribution is -2.19. The summed E-state index contributed by atoms with van der Waals surface area (Å²) in [4.78, 5) is 17.5. The number of methoxy groups -OCH3 is 2. The lowest BCUT2D eigenvalue weighted by molar-refractivity contribution is -0.115. The first-order valence-electron chi connectivity index (χ1n) is 8.63. The van der Waals surface area contributed by atoms with Crippen molar-refractivity contribution in [3.05, 3.63) is 62.0 Å². The number of aliphatic imine (C=N–C) groups is 1. The molecule has 1 saturated heterocycles. The lowest BCUT2D eigenvalue weighted by Gasteiger charge is -2.10. The predicted octanol–water partition coefficient (Wildman–Crippen LogP) is 4.84. The van der Waals surface area contributed by atoms with Crippen molar-refractivity contribution >= 4 is 44.8 Å². The Hall–Kier alpha value is -2.25. The molecule has 0 atom stereocenters. The molecule has 0 radical (unpaired) electrons. The van der Waals surface area contributed by atoms with Gasteiger partial charge in [0.2, 0.25) is 0 Å². The highest BCUT2D eigenvalue weighted by molar-refractivity contribution is 9.10.